The van der Waals surface area contributed by atoms with E-state index in [1.165, 1.54) is 31.4 Å². The summed E-state index contributed by atoms with van der Waals surface area (Å²) >= 11 is 0. The molecular formula is C44H52N6O10S2. The normalized spacial score (nSPS) is 18.8. The maximum absolute atomic E-state index is 14.0. The number of hydrogen-bond donors (Lipinski definition) is 1. The fourth-order valence-corrected chi connectivity index (χ4v) is 9.34. The van der Waals surface area contributed by atoms with Crippen LogP contribution in [0, 0.1) is 17.0 Å². The van der Waals surface area contributed by atoms with Crippen LogP contribution in [0.1, 0.15) is 86.1 Å². The van der Waals surface area contributed by atoms with E-state index in [1.807, 2.05) is 65.2 Å². The second kappa shape index (κ2) is 20.1. The molecule has 0 fully saturated rings. The third kappa shape index (κ3) is 10.9. The van der Waals surface area contributed by atoms with Crippen LogP contribution < -0.4 is 19.1 Å². The summed E-state index contributed by atoms with van der Waals surface area (Å²) in [6.45, 7) is 10.5. The maximum Gasteiger partial charge on any atom is 0.416 e. The van der Waals surface area contributed by atoms with Crippen LogP contribution >= 0.6 is 21.6 Å². The van der Waals surface area contributed by atoms with Gasteiger partial charge in [-0.15, -0.1) is 0 Å². The maximum atomic E-state index is 14.0. The minimum Gasteiger partial charge on any atom is -0.493 e. The zero-order chi connectivity index (χ0) is 44.7. The van der Waals surface area contributed by atoms with Gasteiger partial charge in [0, 0.05) is 41.9 Å². The number of anilines is 1. The molecule has 4 aliphatic rings. The van der Waals surface area contributed by atoms with Crippen molar-refractivity contribution in [2.24, 2.45) is 4.99 Å². The number of hydrogen-bond acceptors (Lipinski definition) is 14. The first-order valence-corrected chi connectivity index (χ1v) is 22.4. The summed E-state index contributed by atoms with van der Waals surface area (Å²) in [6.07, 6.45) is 8.47. The topological polar surface area (TPSA) is 186 Å². The molecule has 7 rings (SSSR count). The van der Waals surface area contributed by atoms with Gasteiger partial charge in [0.1, 0.15) is 17.4 Å². The summed E-state index contributed by atoms with van der Waals surface area (Å²) in [5, 5.41) is 21.4. The van der Waals surface area contributed by atoms with E-state index in [4.69, 9.17) is 29.1 Å². The number of benzene rings is 2. The standard InChI is InChI=1S/C43H49N5O8S2.CH3NO2/c1-26-16-29-22-45-32-20-37(36(53-6)19-30(32)39(49)46(29)23-26)55-15-11-7-10-14-54-35-21-33-31(18-28(35)3)40(50)47-24-27(2)17-34(47)41(51)48(33)42(52)56-25-43(4,5)58-57-38-12-8-9-13-44-38;1-2(3)4/h8-9,12-13,18-24,29,34,41,51H,7,10-11,14-17,25H2,1-6H3;1H3/t29-,34-,41?;/m0./s1. The van der Waals surface area contributed by atoms with Gasteiger partial charge in [-0.1, -0.05) is 28.0 Å². The molecule has 3 amide bonds. The summed E-state index contributed by atoms with van der Waals surface area (Å²) in [5.74, 6) is 1.07. The van der Waals surface area contributed by atoms with Gasteiger partial charge in [0.15, 0.2) is 24.8 Å². The Morgan fingerprint density at radius 3 is 2.31 bits per heavy atom. The van der Waals surface area contributed by atoms with Crippen molar-refractivity contribution < 1.29 is 43.4 Å². The fraction of sp³-hybridized carbons (Fsp3) is 0.432. The smallest absolute Gasteiger partial charge is 0.416 e. The average molecular weight is 889 g/mol. The van der Waals surface area contributed by atoms with E-state index in [9.17, 15) is 19.5 Å². The molecule has 0 radical (unpaired) electrons. The number of aromatic nitrogens is 1. The van der Waals surface area contributed by atoms with Crippen molar-refractivity contribution in [3.8, 4) is 17.2 Å². The number of aryl methyl sites for hydroxylation is 1. The molecule has 5 heterocycles. The van der Waals surface area contributed by atoms with Crippen LogP contribution in [0.4, 0.5) is 16.2 Å². The third-order valence-electron chi connectivity index (χ3n) is 10.3. The van der Waals surface area contributed by atoms with Crippen molar-refractivity contribution in [2.75, 3.05) is 38.9 Å². The van der Waals surface area contributed by atoms with E-state index in [1.54, 1.807) is 48.7 Å². The molecule has 3 atom stereocenters. The van der Waals surface area contributed by atoms with Crippen molar-refractivity contribution in [3.05, 3.63) is 99.0 Å². The molecule has 16 nitrogen and oxygen atoms in total. The van der Waals surface area contributed by atoms with Crippen LogP contribution in [0.25, 0.3) is 0 Å². The van der Waals surface area contributed by atoms with E-state index >= 15 is 0 Å². The molecule has 0 spiro atoms. The number of nitro groups is 1. The van der Waals surface area contributed by atoms with E-state index in [0.29, 0.717) is 54.6 Å². The van der Waals surface area contributed by atoms with Crippen molar-refractivity contribution in [1.82, 2.24) is 14.8 Å². The Hall–Kier alpha value is -5.59. The van der Waals surface area contributed by atoms with Gasteiger partial charge < -0.3 is 33.9 Å². The number of methoxy groups -OCH3 is 1. The Bertz CT molecular complexity index is 2270. The lowest BCUT2D eigenvalue weighted by atomic mass is 10.1. The molecule has 18 heteroatoms. The molecule has 3 aromatic rings. The zero-order valence-corrected chi connectivity index (χ0v) is 37.5. The summed E-state index contributed by atoms with van der Waals surface area (Å²) in [4.78, 5) is 62.9. The van der Waals surface area contributed by atoms with E-state index < -0.39 is 28.0 Å². The molecule has 2 aromatic carbocycles. The summed E-state index contributed by atoms with van der Waals surface area (Å²) in [6, 6.07) is 11.8. The molecule has 62 heavy (non-hydrogen) atoms. The Kier molecular flexibility index (Phi) is 14.9. The van der Waals surface area contributed by atoms with Gasteiger partial charge in [-0.2, -0.15) is 0 Å². The molecular weight excluding hydrogens is 837 g/mol. The Morgan fingerprint density at radius 1 is 0.935 bits per heavy atom. The molecule has 0 aliphatic carbocycles. The number of fused-ring (bicyclic) bond motifs is 4. The Morgan fingerprint density at radius 2 is 1.61 bits per heavy atom. The van der Waals surface area contributed by atoms with Gasteiger partial charge in [0.05, 0.1) is 59.7 Å². The highest BCUT2D eigenvalue weighted by Gasteiger charge is 2.45. The van der Waals surface area contributed by atoms with Crippen molar-refractivity contribution in [3.63, 3.8) is 0 Å². The summed E-state index contributed by atoms with van der Waals surface area (Å²) in [7, 11) is 5.46. The molecule has 0 bridgehead atoms. The summed E-state index contributed by atoms with van der Waals surface area (Å²) < 4.78 is 23.3. The van der Waals surface area contributed by atoms with Gasteiger partial charge >= 0.3 is 6.09 Å². The van der Waals surface area contributed by atoms with Crippen molar-refractivity contribution >= 4 is 57.1 Å². The quantitative estimate of drug-likeness (QED) is 0.0705. The van der Waals surface area contributed by atoms with Crippen LogP contribution in [0.3, 0.4) is 0 Å². The van der Waals surface area contributed by atoms with E-state index in [2.05, 4.69) is 9.98 Å². The highest BCUT2D eigenvalue weighted by molar-refractivity contribution is 8.77. The number of amides is 3. The van der Waals surface area contributed by atoms with Crippen LogP contribution in [0.15, 0.2) is 82.2 Å². The largest absolute Gasteiger partial charge is 0.493 e. The predicted octanol–water partition coefficient (Wildman–Crippen LogP) is 8.37. The van der Waals surface area contributed by atoms with Gasteiger partial charge in [0.2, 0.25) is 0 Å². The van der Waals surface area contributed by atoms with Crippen LogP contribution in [0.5, 0.6) is 17.2 Å². The molecule has 1 N–H and O–H groups in total. The van der Waals surface area contributed by atoms with Crippen LogP contribution in [-0.4, -0.2) is 106 Å². The Balaban J connectivity index is 0.00000154. The number of aliphatic hydroxyl groups is 1. The number of carbonyl (C=O) groups excluding carboxylic acids is 3. The van der Waals surface area contributed by atoms with E-state index in [-0.39, 0.29) is 35.7 Å². The van der Waals surface area contributed by atoms with Crippen molar-refractivity contribution in [2.45, 2.75) is 94.8 Å². The molecule has 1 aromatic heterocycles. The highest BCUT2D eigenvalue weighted by Crippen LogP contribution is 2.43. The Labute approximate surface area is 368 Å². The first-order chi connectivity index (χ1) is 29.6. The minimum atomic E-state index is -1.36. The number of carbonyl (C=O) groups is 3. The van der Waals surface area contributed by atoms with Gasteiger partial charge in [-0.3, -0.25) is 24.7 Å². The highest BCUT2D eigenvalue weighted by atomic mass is 33.1. The number of pyridine rings is 1. The number of aliphatic imine (C=N–C) groups is 1. The number of unbranched alkanes of at least 4 members (excludes halogenated alkanes) is 2. The number of ether oxygens (including phenoxy) is 4. The van der Waals surface area contributed by atoms with Gasteiger partial charge in [-0.25, -0.2) is 14.7 Å². The zero-order valence-electron chi connectivity index (χ0n) is 35.9. The first kappa shape index (κ1) is 45.9. The molecule has 330 valence electrons. The lowest BCUT2D eigenvalue weighted by molar-refractivity contribution is -0.445. The van der Waals surface area contributed by atoms with E-state index in [0.717, 1.165) is 48.0 Å². The summed E-state index contributed by atoms with van der Waals surface area (Å²) in [5.41, 5.74) is 4.33. The lowest BCUT2D eigenvalue weighted by Crippen LogP contribution is -2.51. The van der Waals surface area contributed by atoms with Gasteiger partial charge in [-0.05, 0) is 107 Å². The third-order valence-corrected chi connectivity index (χ3v) is 13.5. The lowest BCUT2D eigenvalue weighted by Gasteiger charge is -2.32. The SMILES string of the molecule is COc1cc2c(cc1OCCCCCOc1cc3c(cc1C)C(=O)N1C=C(C)C[C@H]1C(O)N3C(=O)OCC(C)(C)SSc1ccccn1)N=C[C@@H]1CC(C)=CN1C2=O.C[N+](=O)[O-]. The second-order valence-electron chi connectivity index (χ2n) is 16.0. The minimum absolute atomic E-state index is 0.0526. The molecule has 1 unspecified atom stereocenters. The second-order valence-corrected chi connectivity index (χ2v) is 18.8. The van der Waals surface area contributed by atoms with Crippen molar-refractivity contribution in [1.29, 1.82) is 0 Å². The monoisotopic (exact) mass is 888 g/mol. The molecule has 0 saturated heterocycles. The number of nitrogens with zero attached hydrogens (tertiary/aromatic N) is 6. The number of aliphatic hydroxyl groups excluding tert-OH is 1. The number of rotatable bonds is 14. The van der Waals surface area contributed by atoms with Crippen LogP contribution in [-0.2, 0) is 4.74 Å². The first-order valence-electron chi connectivity index (χ1n) is 20.2. The molecule has 0 saturated carbocycles. The predicted molar refractivity (Wildman–Crippen MR) is 238 cm³/mol. The fourth-order valence-electron chi connectivity index (χ4n) is 7.31. The molecule has 4 aliphatic heterocycles. The van der Waals surface area contributed by atoms with Crippen LogP contribution in [0.2, 0.25) is 0 Å². The average Bonchev–Trinajstić information content (AvgIpc) is 3.78. The van der Waals surface area contributed by atoms with Gasteiger partial charge in [0.25, 0.3) is 11.8 Å².